The third kappa shape index (κ3) is 5.32. The van der Waals surface area contributed by atoms with Crippen LogP contribution in [-0.4, -0.2) is 133 Å². The SMILES string of the molecule is CC[C@]1(O)C[C@H]2CN(CCc3c([nH]c4c(Br)cccc34)[C@@](C(=O)OC)(c3cc4c(cc3OC)N(C)[C@H]3[C@@](O)(C(=O)OC)[C@H](OC(C)=O)[C@]5(CC)C=CCN6CC[C@]43[C@@H]65)C2)C1. The van der Waals surface area contributed by atoms with E-state index in [0.717, 1.165) is 37.9 Å². The minimum atomic E-state index is -2.31. The Bertz CT molecular complexity index is 2320. The molecule has 2 bridgehead atoms. The Hall–Kier alpha value is -3.95. The fourth-order valence-electron chi connectivity index (χ4n) is 13.5. The van der Waals surface area contributed by atoms with Crippen LogP contribution in [0.5, 0.6) is 5.75 Å². The highest BCUT2D eigenvalue weighted by molar-refractivity contribution is 9.10. The summed E-state index contributed by atoms with van der Waals surface area (Å²) in [6.45, 7) is 8.57. The number of benzene rings is 2. The molecule has 1 unspecified atom stereocenters. The van der Waals surface area contributed by atoms with E-state index in [0.29, 0.717) is 82.6 Å². The first-order chi connectivity index (χ1) is 28.6. The Kier molecular flexibility index (Phi) is 9.87. The maximum atomic E-state index is 15.4. The number of likely N-dealkylation sites (N-methyl/N-ethyl adjacent to an activating group) is 1. The van der Waals surface area contributed by atoms with Crippen molar-refractivity contribution in [3.8, 4) is 5.75 Å². The quantitative estimate of drug-likeness (QED) is 0.171. The second-order valence-electron chi connectivity index (χ2n) is 18.3. The molecule has 3 fully saturated rings. The molecule has 0 radical (unpaired) electrons. The number of H-pyrrole nitrogens is 1. The highest BCUT2D eigenvalue weighted by atomic mass is 79.9. The number of aromatic amines is 1. The number of halogens is 1. The summed E-state index contributed by atoms with van der Waals surface area (Å²) < 4.78 is 24.8. The number of hydrogen-bond donors (Lipinski definition) is 3. The Balaban J connectivity index is 1.37. The van der Waals surface area contributed by atoms with Crippen LogP contribution in [0.15, 0.2) is 47.0 Å². The molecule has 1 aromatic heterocycles. The molecule has 14 heteroatoms. The van der Waals surface area contributed by atoms with Gasteiger partial charge in [-0.05, 0) is 90.2 Å². The molecule has 6 aliphatic rings. The Labute approximate surface area is 359 Å². The Morgan fingerprint density at radius 2 is 1.75 bits per heavy atom. The third-order valence-electron chi connectivity index (χ3n) is 15.7. The maximum Gasteiger partial charge on any atom is 0.344 e. The van der Waals surface area contributed by atoms with Gasteiger partial charge >= 0.3 is 17.9 Å². The van der Waals surface area contributed by atoms with Gasteiger partial charge in [0, 0.05) is 89.9 Å². The van der Waals surface area contributed by atoms with Crippen LogP contribution in [0, 0.1) is 11.3 Å². The number of nitrogens with one attached hydrogen (secondary N) is 1. The van der Waals surface area contributed by atoms with Gasteiger partial charge in [-0.15, -0.1) is 0 Å². The highest BCUT2D eigenvalue weighted by Crippen LogP contribution is 2.68. The summed E-state index contributed by atoms with van der Waals surface area (Å²) in [7, 11) is 6.14. The summed E-state index contributed by atoms with van der Waals surface area (Å²) in [6, 6.07) is 8.87. The number of hydrogen-bond acceptors (Lipinski definition) is 12. The van der Waals surface area contributed by atoms with Gasteiger partial charge in [-0.25, -0.2) is 4.79 Å². The van der Waals surface area contributed by atoms with Crippen LogP contribution in [0.2, 0.25) is 0 Å². The van der Waals surface area contributed by atoms with Gasteiger partial charge in [0.25, 0.3) is 0 Å². The molecule has 2 saturated heterocycles. The van der Waals surface area contributed by atoms with E-state index in [1.807, 2.05) is 50.1 Å². The Morgan fingerprint density at radius 1 is 0.983 bits per heavy atom. The molecule has 9 rings (SSSR count). The van der Waals surface area contributed by atoms with Crippen molar-refractivity contribution in [2.24, 2.45) is 11.3 Å². The van der Waals surface area contributed by atoms with Crippen molar-refractivity contribution >= 4 is 50.4 Å². The molecule has 1 aliphatic carbocycles. The van der Waals surface area contributed by atoms with Crippen molar-refractivity contribution in [3.63, 3.8) is 0 Å². The average molecular weight is 890 g/mol. The molecule has 1 saturated carbocycles. The molecular weight excluding hydrogens is 832 g/mol. The van der Waals surface area contributed by atoms with Gasteiger partial charge in [0.05, 0.1) is 38.5 Å². The first-order valence-corrected chi connectivity index (χ1v) is 22.1. The summed E-state index contributed by atoms with van der Waals surface area (Å²) >= 11 is 3.80. The number of carbonyl (C=O) groups excluding carboxylic acids is 3. The van der Waals surface area contributed by atoms with Gasteiger partial charge < -0.3 is 39.0 Å². The number of nitrogens with zero attached hydrogens (tertiary/aromatic N) is 3. The Morgan fingerprint density at radius 3 is 2.43 bits per heavy atom. The van der Waals surface area contributed by atoms with Crippen molar-refractivity contribution in [1.82, 2.24) is 14.8 Å². The molecular formula is C46H57BrN4O9. The van der Waals surface area contributed by atoms with Crippen molar-refractivity contribution in [2.75, 3.05) is 66.0 Å². The van der Waals surface area contributed by atoms with E-state index in [2.05, 4.69) is 48.9 Å². The van der Waals surface area contributed by atoms with Gasteiger partial charge in [0.1, 0.15) is 11.2 Å². The number of fused-ring (bicyclic) bond motifs is 6. The van der Waals surface area contributed by atoms with Gasteiger partial charge in [-0.3, -0.25) is 19.4 Å². The number of para-hydroxylation sites is 1. The number of carbonyl (C=O) groups is 3. The van der Waals surface area contributed by atoms with E-state index < -0.39 is 57.5 Å². The summed E-state index contributed by atoms with van der Waals surface area (Å²) in [5.41, 5.74) is -1.80. The fraction of sp³-hybridized carbons (Fsp3) is 0.587. The lowest BCUT2D eigenvalue weighted by Gasteiger charge is -2.63. The molecule has 1 spiro atoms. The number of methoxy groups -OCH3 is 3. The van der Waals surface area contributed by atoms with Gasteiger partial charge in [-0.1, -0.05) is 38.1 Å². The summed E-state index contributed by atoms with van der Waals surface area (Å²) in [5, 5.41) is 26.4. The molecule has 3 N–H and O–H groups in total. The zero-order valence-corrected chi connectivity index (χ0v) is 37.2. The van der Waals surface area contributed by atoms with Crippen molar-refractivity contribution in [2.45, 2.75) is 99.5 Å². The molecule has 60 heavy (non-hydrogen) atoms. The lowest BCUT2D eigenvalue weighted by atomic mass is 9.47. The summed E-state index contributed by atoms with van der Waals surface area (Å²) in [5.74, 6) is -1.61. The predicted octanol–water partition coefficient (Wildman–Crippen LogP) is 4.75. The summed E-state index contributed by atoms with van der Waals surface area (Å²) in [6.07, 6.45) is 5.87. The first-order valence-electron chi connectivity index (χ1n) is 21.3. The van der Waals surface area contributed by atoms with E-state index in [9.17, 15) is 19.8 Å². The van der Waals surface area contributed by atoms with Crippen LogP contribution in [0.1, 0.15) is 75.3 Å². The van der Waals surface area contributed by atoms with E-state index in [-0.39, 0.29) is 12.0 Å². The number of ether oxygens (including phenoxy) is 4. The molecule has 10 atom stereocenters. The second kappa shape index (κ2) is 14.3. The average Bonchev–Trinajstić information content (AvgIpc) is 3.90. The number of esters is 3. The second-order valence-corrected chi connectivity index (χ2v) is 19.2. The van der Waals surface area contributed by atoms with E-state index in [1.54, 1.807) is 7.11 Å². The largest absolute Gasteiger partial charge is 0.496 e. The number of aromatic nitrogens is 1. The minimum absolute atomic E-state index is 0.114. The number of rotatable bonds is 7. The monoisotopic (exact) mass is 888 g/mol. The standard InChI is InChI=1S/C46H57BrN4O9/c1-8-42(55)22-27-23-45(40(53)58-6,36-29(14-18-50(24-27)25-42)28-12-10-13-32(47)35(28)48-36)31-20-30-33(21-34(31)57-5)49(4)38-44(30)16-19-51-17-11-15-43(9-2,37(44)51)39(60-26(3)52)46(38,56)41(54)59-7/h10-13,15,20-21,27,37-39,48,55-56H,8-9,14,16-19,22-25H2,1-7H3/t27-,37+,38-,39-,42+,43-,44-,45+,46+/m1/s1. The molecule has 322 valence electrons. The smallest absolute Gasteiger partial charge is 0.344 e. The van der Waals surface area contributed by atoms with E-state index >= 15 is 4.79 Å². The number of aliphatic hydroxyl groups is 2. The van der Waals surface area contributed by atoms with Crippen LogP contribution >= 0.6 is 15.9 Å². The van der Waals surface area contributed by atoms with Crippen LogP contribution in [0.3, 0.4) is 0 Å². The zero-order chi connectivity index (χ0) is 42.7. The third-order valence-corrected chi connectivity index (χ3v) is 16.3. The van der Waals surface area contributed by atoms with Crippen LogP contribution in [0.4, 0.5) is 5.69 Å². The minimum Gasteiger partial charge on any atom is -0.496 e. The first kappa shape index (κ1) is 41.4. The lowest BCUT2D eigenvalue weighted by Crippen LogP contribution is -2.81. The van der Waals surface area contributed by atoms with Gasteiger partial charge in [-0.2, -0.15) is 0 Å². The van der Waals surface area contributed by atoms with Crippen LogP contribution < -0.4 is 9.64 Å². The molecule has 13 nitrogen and oxygen atoms in total. The molecule has 0 amide bonds. The van der Waals surface area contributed by atoms with Crippen molar-refractivity contribution in [3.05, 3.63) is 69.3 Å². The molecule has 5 aliphatic heterocycles. The molecule has 3 aromatic rings. The molecule has 6 heterocycles. The predicted molar refractivity (Wildman–Crippen MR) is 228 cm³/mol. The highest BCUT2D eigenvalue weighted by Gasteiger charge is 2.80. The zero-order valence-electron chi connectivity index (χ0n) is 35.6. The van der Waals surface area contributed by atoms with Gasteiger partial charge in [0.15, 0.2) is 6.10 Å². The normalized spacial score (nSPS) is 36.6. The van der Waals surface area contributed by atoms with E-state index in [4.69, 9.17) is 18.9 Å². The maximum absolute atomic E-state index is 15.4. The lowest BCUT2D eigenvalue weighted by molar-refractivity contribution is -0.228. The number of piperidine rings is 1. The van der Waals surface area contributed by atoms with Crippen molar-refractivity contribution < 1.29 is 43.5 Å². The van der Waals surface area contributed by atoms with Gasteiger partial charge in [0.2, 0.25) is 5.60 Å². The molecule has 2 aromatic carbocycles. The topological polar surface area (TPSA) is 154 Å². The van der Waals surface area contributed by atoms with Crippen LogP contribution in [-0.2, 0) is 45.8 Å². The van der Waals surface area contributed by atoms with Crippen LogP contribution in [0.25, 0.3) is 10.9 Å². The number of anilines is 1. The fourth-order valence-corrected chi connectivity index (χ4v) is 14.0. The van der Waals surface area contributed by atoms with Crippen molar-refractivity contribution in [1.29, 1.82) is 0 Å². The summed E-state index contributed by atoms with van der Waals surface area (Å²) in [4.78, 5) is 53.3. The van der Waals surface area contributed by atoms with E-state index in [1.165, 1.54) is 21.1 Å².